The van der Waals surface area contributed by atoms with Crippen LogP contribution in [0.5, 0.6) is 0 Å². The Labute approximate surface area is 83.8 Å². The summed E-state index contributed by atoms with van der Waals surface area (Å²) in [6.07, 6.45) is 0.406. The summed E-state index contributed by atoms with van der Waals surface area (Å²) in [7, 11) is -0.773. The summed E-state index contributed by atoms with van der Waals surface area (Å²) in [5, 5.41) is 11.1. The Balaban J connectivity index is 4.65. The summed E-state index contributed by atoms with van der Waals surface area (Å²) in [6.45, 7) is 1.72. The van der Waals surface area contributed by atoms with Crippen LogP contribution in [0.3, 0.4) is 0 Å². The van der Waals surface area contributed by atoms with E-state index in [-0.39, 0.29) is 5.84 Å². The average Bonchev–Trinajstić information content (AvgIpc) is 2.12. The molecule has 0 saturated heterocycles. The van der Waals surface area contributed by atoms with Gasteiger partial charge in [0.25, 0.3) is 10.2 Å². The zero-order valence-electron chi connectivity index (χ0n) is 8.43. The van der Waals surface area contributed by atoms with Gasteiger partial charge in [0.1, 0.15) is 0 Å². The smallest absolute Gasteiger partial charge is 0.279 e. The molecule has 84 valence electrons. The lowest BCUT2D eigenvalue weighted by molar-refractivity contribution is 0.315. The highest BCUT2D eigenvalue weighted by molar-refractivity contribution is 7.87. The fourth-order valence-electron chi connectivity index (χ4n) is 0.708. The fourth-order valence-corrected chi connectivity index (χ4v) is 1.57. The van der Waals surface area contributed by atoms with Crippen molar-refractivity contribution in [2.45, 2.75) is 19.4 Å². The van der Waals surface area contributed by atoms with Gasteiger partial charge in [-0.05, 0) is 6.42 Å². The third-order valence-electron chi connectivity index (χ3n) is 1.65. The van der Waals surface area contributed by atoms with Crippen LogP contribution in [0, 0.1) is 0 Å². The number of rotatable bonds is 5. The van der Waals surface area contributed by atoms with E-state index in [0.29, 0.717) is 6.42 Å². The van der Waals surface area contributed by atoms with Gasteiger partial charge < -0.3 is 10.9 Å². The Morgan fingerprint density at radius 2 is 2.14 bits per heavy atom. The molecular weight excluding hydrogens is 208 g/mol. The van der Waals surface area contributed by atoms with Crippen molar-refractivity contribution in [1.82, 2.24) is 9.03 Å². The highest BCUT2D eigenvalue weighted by atomic mass is 32.2. The molecule has 0 rings (SSSR count). The molecule has 0 aromatic heterocycles. The summed E-state index contributed by atoms with van der Waals surface area (Å²) < 4.78 is 26.0. The number of hydrogen-bond donors (Lipinski definition) is 3. The van der Waals surface area contributed by atoms with Crippen LogP contribution in [0.15, 0.2) is 5.16 Å². The van der Waals surface area contributed by atoms with Gasteiger partial charge >= 0.3 is 0 Å². The first kappa shape index (κ1) is 13.1. The highest BCUT2D eigenvalue weighted by Crippen LogP contribution is 1.97. The second kappa shape index (κ2) is 5.13. The molecule has 14 heavy (non-hydrogen) atoms. The predicted molar refractivity (Wildman–Crippen MR) is 53.2 cm³/mol. The van der Waals surface area contributed by atoms with E-state index in [1.165, 1.54) is 14.1 Å². The second-order valence-electron chi connectivity index (χ2n) is 2.89. The third kappa shape index (κ3) is 3.48. The minimum atomic E-state index is -3.55. The summed E-state index contributed by atoms with van der Waals surface area (Å²) in [5.74, 6) is -0.155. The maximum Gasteiger partial charge on any atom is 0.279 e. The number of nitrogens with zero attached hydrogens (tertiary/aromatic N) is 2. The largest absolute Gasteiger partial charge is 0.409 e. The van der Waals surface area contributed by atoms with Crippen molar-refractivity contribution < 1.29 is 13.6 Å². The molecule has 0 aliphatic carbocycles. The van der Waals surface area contributed by atoms with E-state index >= 15 is 0 Å². The van der Waals surface area contributed by atoms with Crippen molar-refractivity contribution in [3.8, 4) is 0 Å². The Hall–Kier alpha value is -0.860. The minimum absolute atomic E-state index is 0.155. The first-order valence-corrected chi connectivity index (χ1v) is 5.46. The third-order valence-corrected chi connectivity index (χ3v) is 3.20. The molecule has 0 fully saturated rings. The normalized spacial score (nSPS) is 15.9. The van der Waals surface area contributed by atoms with Crippen LogP contribution in [-0.2, 0) is 10.2 Å². The highest BCUT2D eigenvalue weighted by Gasteiger charge is 2.21. The van der Waals surface area contributed by atoms with Crippen molar-refractivity contribution in [2.24, 2.45) is 10.9 Å². The van der Waals surface area contributed by atoms with E-state index in [4.69, 9.17) is 10.9 Å². The molecule has 0 aliphatic rings. The number of oxime groups is 1. The SMILES string of the molecule is CCC(NS(=O)(=O)N(C)C)/C(N)=N/O. The van der Waals surface area contributed by atoms with Crippen molar-refractivity contribution in [1.29, 1.82) is 0 Å². The van der Waals surface area contributed by atoms with Crippen LogP contribution in [0.4, 0.5) is 0 Å². The maximum absolute atomic E-state index is 11.3. The Bertz CT molecular complexity index is 298. The standard InChI is InChI=1S/C6H16N4O3S/c1-4-5(6(7)8-11)9-14(12,13)10(2)3/h5,9,11H,4H2,1-3H3,(H2,7,8). The average molecular weight is 224 g/mol. The number of amidine groups is 1. The van der Waals surface area contributed by atoms with Crippen LogP contribution in [0.2, 0.25) is 0 Å². The van der Waals surface area contributed by atoms with Crippen LogP contribution in [0.1, 0.15) is 13.3 Å². The fraction of sp³-hybridized carbons (Fsp3) is 0.833. The molecule has 7 nitrogen and oxygen atoms in total. The summed E-state index contributed by atoms with van der Waals surface area (Å²) in [5.41, 5.74) is 5.29. The molecule has 0 saturated carbocycles. The zero-order chi connectivity index (χ0) is 11.4. The van der Waals surface area contributed by atoms with E-state index in [9.17, 15) is 8.42 Å². The van der Waals surface area contributed by atoms with Crippen molar-refractivity contribution >= 4 is 16.0 Å². The lowest BCUT2D eigenvalue weighted by Gasteiger charge is -2.18. The van der Waals surface area contributed by atoms with E-state index in [2.05, 4.69) is 9.88 Å². The van der Waals surface area contributed by atoms with Crippen molar-refractivity contribution in [2.75, 3.05) is 14.1 Å². The number of nitrogens with two attached hydrogens (primary N) is 1. The first-order chi connectivity index (χ1) is 6.35. The van der Waals surface area contributed by atoms with Gasteiger partial charge in [-0.3, -0.25) is 0 Å². The van der Waals surface area contributed by atoms with Gasteiger partial charge in [-0.2, -0.15) is 17.4 Å². The molecule has 4 N–H and O–H groups in total. The van der Waals surface area contributed by atoms with Crippen LogP contribution in [0.25, 0.3) is 0 Å². The maximum atomic E-state index is 11.3. The molecule has 0 aromatic rings. The van der Waals surface area contributed by atoms with Gasteiger partial charge in [-0.1, -0.05) is 12.1 Å². The van der Waals surface area contributed by atoms with Gasteiger partial charge in [0.15, 0.2) is 5.84 Å². The molecule has 0 aromatic carbocycles. The molecule has 0 spiro atoms. The molecule has 1 atom stereocenters. The topological polar surface area (TPSA) is 108 Å². The van der Waals surface area contributed by atoms with Gasteiger partial charge in [0.05, 0.1) is 6.04 Å². The first-order valence-electron chi connectivity index (χ1n) is 4.02. The van der Waals surface area contributed by atoms with Crippen LogP contribution >= 0.6 is 0 Å². The minimum Gasteiger partial charge on any atom is -0.409 e. The van der Waals surface area contributed by atoms with Crippen LogP contribution in [-0.4, -0.2) is 43.9 Å². The van der Waals surface area contributed by atoms with Gasteiger partial charge in [0.2, 0.25) is 0 Å². The van der Waals surface area contributed by atoms with E-state index < -0.39 is 16.3 Å². The van der Waals surface area contributed by atoms with Crippen molar-refractivity contribution in [3.05, 3.63) is 0 Å². The van der Waals surface area contributed by atoms with Crippen molar-refractivity contribution in [3.63, 3.8) is 0 Å². The molecule has 0 bridgehead atoms. The molecule has 0 aliphatic heterocycles. The van der Waals surface area contributed by atoms with E-state index in [1.54, 1.807) is 6.92 Å². The molecule has 0 amide bonds. The monoisotopic (exact) mass is 224 g/mol. The quantitative estimate of drug-likeness (QED) is 0.238. The van der Waals surface area contributed by atoms with E-state index in [0.717, 1.165) is 4.31 Å². The Kier molecular flexibility index (Phi) is 4.81. The lowest BCUT2D eigenvalue weighted by atomic mass is 10.2. The summed E-state index contributed by atoms with van der Waals surface area (Å²) in [4.78, 5) is 0. The Morgan fingerprint density at radius 1 is 1.64 bits per heavy atom. The van der Waals surface area contributed by atoms with Gasteiger partial charge in [0, 0.05) is 14.1 Å². The summed E-state index contributed by atoms with van der Waals surface area (Å²) >= 11 is 0. The van der Waals surface area contributed by atoms with Crippen LogP contribution < -0.4 is 10.5 Å². The molecule has 1 unspecified atom stereocenters. The Morgan fingerprint density at radius 3 is 2.43 bits per heavy atom. The molecule has 8 heteroatoms. The van der Waals surface area contributed by atoms with Gasteiger partial charge in [-0.25, -0.2) is 0 Å². The van der Waals surface area contributed by atoms with Gasteiger partial charge in [-0.15, -0.1) is 0 Å². The molecular formula is C6H16N4O3S. The molecule has 0 radical (unpaired) electrons. The predicted octanol–water partition coefficient (Wildman–Crippen LogP) is -1.09. The number of hydrogen-bond acceptors (Lipinski definition) is 4. The molecule has 0 heterocycles. The lowest BCUT2D eigenvalue weighted by Crippen LogP contribution is -2.48. The van der Waals surface area contributed by atoms with E-state index in [1.807, 2.05) is 0 Å². The summed E-state index contributed by atoms with van der Waals surface area (Å²) in [6, 6.07) is -0.688. The second-order valence-corrected chi connectivity index (χ2v) is 4.81. The zero-order valence-corrected chi connectivity index (χ0v) is 9.24. The number of nitrogens with one attached hydrogen (secondary N) is 1.